The molecule has 4 N–H and O–H groups in total. The first kappa shape index (κ1) is 11.0. The summed E-state index contributed by atoms with van der Waals surface area (Å²) in [6.45, 7) is 0. The molecule has 0 amide bonds. The highest BCUT2D eigenvalue weighted by Crippen LogP contribution is 2.11. The molecule has 0 fully saturated rings. The number of hydrogen-bond donors (Lipinski definition) is 1. The van der Waals surface area contributed by atoms with Gasteiger partial charge in [0, 0.05) is 0 Å². The van der Waals surface area contributed by atoms with Crippen molar-refractivity contribution in [3.63, 3.8) is 0 Å². The predicted molar refractivity (Wildman–Crippen MR) is 40.3 cm³/mol. The smallest absolute Gasteiger partial charge is 0.140 e. The van der Waals surface area contributed by atoms with Gasteiger partial charge in [-0.2, -0.15) is 0 Å². The second kappa shape index (κ2) is 3.61. The molecule has 0 aliphatic heterocycles. The molecule has 0 aliphatic rings. The number of benzene rings is 1. The lowest BCUT2D eigenvalue weighted by molar-refractivity contribution is 0.455. The third kappa shape index (κ3) is 2.26. The van der Waals surface area contributed by atoms with Gasteiger partial charge in [0.15, 0.2) is 0 Å². The minimum absolute atomic E-state index is 0. The lowest BCUT2D eigenvalue weighted by Gasteiger charge is -2.06. The monoisotopic (exact) mass is 193 g/mol. The van der Waals surface area contributed by atoms with Gasteiger partial charge in [-0.05, 0) is 12.1 Å². The summed E-state index contributed by atoms with van der Waals surface area (Å²) < 4.78 is 43.3. The summed E-state index contributed by atoms with van der Waals surface area (Å²) in [6.07, 6.45) is 0. The minimum atomic E-state index is -4.66. The molecule has 0 saturated carbocycles. The van der Waals surface area contributed by atoms with Crippen LogP contribution in [0.3, 0.4) is 0 Å². The fraction of sp³-hybridized carbons (Fsp3) is 0. The van der Waals surface area contributed by atoms with Gasteiger partial charge in [-0.1, -0.05) is 12.1 Å². The van der Waals surface area contributed by atoms with Crippen LogP contribution in [0.2, 0.25) is 0 Å². The van der Waals surface area contributed by atoms with Crippen LogP contribution in [0.1, 0.15) is 0 Å². The second-order valence-electron chi connectivity index (χ2n) is 1.88. The molecule has 6 heteroatoms. The van der Waals surface area contributed by atoms with Crippen molar-refractivity contribution in [1.82, 2.24) is 6.15 Å². The Hall–Kier alpha value is -0.980. The van der Waals surface area contributed by atoms with Crippen LogP contribution in [0.4, 0.5) is 4.39 Å². The van der Waals surface area contributed by atoms with E-state index < -0.39 is 20.8 Å². The number of hydrogen-bond acceptors (Lipinski definition) is 3. The van der Waals surface area contributed by atoms with E-state index in [1.165, 1.54) is 12.1 Å². The molecule has 0 unspecified atom stereocenters. The summed E-state index contributed by atoms with van der Waals surface area (Å²) in [5, 5.41) is 0. The zero-order valence-electron chi connectivity index (χ0n) is 6.32. The Labute approximate surface area is 69.4 Å². The van der Waals surface area contributed by atoms with Crippen molar-refractivity contribution in [3.8, 4) is 0 Å². The normalized spacial score (nSPS) is 10.5. The second-order valence-corrected chi connectivity index (χ2v) is 3.23. The molecule has 0 aromatic heterocycles. The van der Waals surface area contributed by atoms with E-state index in [0.29, 0.717) is 0 Å². The molecule has 68 valence electrons. The van der Waals surface area contributed by atoms with Crippen molar-refractivity contribution in [3.05, 3.63) is 30.1 Å². The van der Waals surface area contributed by atoms with E-state index >= 15 is 0 Å². The Kier molecular flexibility index (Phi) is 3.32. The van der Waals surface area contributed by atoms with Gasteiger partial charge in [0.2, 0.25) is 0 Å². The SMILES string of the molecule is O=S(=O)([O-])c1ccccc1F.[NH4+]. The number of rotatable bonds is 1. The Balaban J connectivity index is 0.00000121. The lowest BCUT2D eigenvalue weighted by atomic mass is 10.4. The van der Waals surface area contributed by atoms with Crippen molar-refractivity contribution in [2.75, 3.05) is 0 Å². The fourth-order valence-corrected chi connectivity index (χ4v) is 1.20. The molecule has 4 nitrogen and oxygen atoms in total. The van der Waals surface area contributed by atoms with Gasteiger partial charge < -0.3 is 10.7 Å². The Bertz CT molecular complexity index is 363. The molecule has 0 aliphatic carbocycles. The van der Waals surface area contributed by atoms with Gasteiger partial charge >= 0.3 is 0 Å². The van der Waals surface area contributed by atoms with E-state index in [1.807, 2.05) is 0 Å². The Morgan fingerprint density at radius 2 is 1.75 bits per heavy atom. The highest BCUT2D eigenvalue weighted by atomic mass is 32.2. The third-order valence-corrected chi connectivity index (χ3v) is 1.98. The van der Waals surface area contributed by atoms with Crippen molar-refractivity contribution in [2.45, 2.75) is 4.90 Å². The number of halogens is 1. The van der Waals surface area contributed by atoms with Crippen molar-refractivity contribution >= 4 is 10.1 Å². The zero-order chi connectivity index (χ0) is 8.48. The highest BCUT2D eigenvalue weighted by Gasteiger charge is 2.05. The van der Waals surface area contributed by atoms with Crippen LogP contribution < -0.4 is 6.15 Å². The highest BCUT2D eigenvalue weighted by molar-refractivity contribution is 7.85. The summed E-state index contributed by atoms with van der Waals surface area (Å²) >= 11 is 0. The average molecular weight is 193 g/mol. The van der Waals surface area contributed by atoms with Gasteiger partial charge in [-0.3, -0.25) is 0 Å². The van der Waals surface area contributed by atoms with Gasteiger partial charge in [0.05, 0.1) is 4.90 Å². The van der Waals surface area contributed by atoms with Crippen LogP contribution in [0.15, 0.2) is 29.2 Å². The first-order valence-corrected chi connectivity index (χ1v) is 4.13. The quantitative estimate of drug-likeness (QED) is 0.676. The van der Waals surface area contributed by atoms with Crippen LogP contribution in [0.5, 0.6) is 0 Å². The molecule has 1 aromatic carbocycles. The van der Waals surface area contributed by atoms with E-state index in [0.717, 1.165) is 12.1 Å². The van der Waals surface area contributed by atoms with E-state index in [4.69, 9.17) is 0 Å². The first-order chi connectivity index (χ1) is 5.02. The maximum Gasteiger partial charge on any atom is 0.140 e. The van der Waals surface area contributed by atoms with Crippen LogP contribution in [0, 0.1) is 5.82 Å². The number of quaternary nitrogens is 1. The van der Waals surface area contributed by atoms with Crippen LogP contribution >= 0.6 is 0 Å². The summed E-state index contributed by atoms with van der Waals surface area (Å²) in [4.78, 5) is -0.806. The average Bonchev–Trinajstić information content (AvgIpc) is 1.86. The predicted octanol–water partition coefficient (Wildman–Crippen LogP) is 1.11. The maximum absolute atomic E-state index is 12.5. The van der Waals surface area contributed by atoms with Gasteiger partial charge in [-0.25, -0.2) is 12.8 Å². The first-order valence-electron chi connectivity index (χ1n) is 2.72. The minimum Gasteiger partial charge on any atom is -0.744 e. The zero-order valence-corrected chi connectivity index (χ0v) is 7.14. The van der Waals surface area contributed by atoms with E-state index in [1.54, 1.807) is 0 Å². The lowest BCUT2D eigenvalue weighted by Crippen LogP contribution is -2.00. The van der Waals surface area contributed by atoms with Crippen molar-refractivity contribution < 1.29 is 17.4 Å². The topological polar surface area (TPSA) is 93.7 Å². The van der Waals surface area contributed by atoms with Crippen LogP contribution in [-0.2, 0) is 10.1 Å². The van der Waals surface area contributed by atoms with Gasteiger partial charge in [0.1, 0.15) is 15.9 Å². The van der Waals surface area contributed by atoms with E-state index in [2.05, 4.69) is 0 Å². The Morgan fingerprint density at radius 3 is 2.08 bits per heavy atom. The molecule has 12 heavy (non-hydrogen) atoms. The van der Waals surface area contributed by atoms with E-state index in [-0.39, 0.29) is 6.15 Å². The van der Waals surface area contributed by atoms with Crippen LogP contribution in [0.25, 0.3) is 0 Å². The molecule has 0 bridgehead atoms. The van der Waals surface area contributed by atoms with E-state index in [9.17, 15) is 17.4 Å². The molecular weight excluding hydrogens is 185 g/mol. The molecule has 0 saturated heterocycles. The summed E-state index contributed by atoms with van der Waals surface area (Å²) in [5.41, 5.74) is 0. The Morgan fingerprint density at radius 1 is 1.25 bits per heavy atom. The molecule has 0 radical (unpaired) electrons. The molecular formula is C6H8FNO3S. The third-order valence-electron chi connectivity index (χ3n) is 1.11. The largest absolute Gasteiger partial charge is 0.744 e. The standard InChI is InChI=1S/C6H5FO3S.H3N/c7-5-3-1-2-4-6(5)11(8,9)10;/h1-4H,(H,8,9,10);1H3. The molecule has 0 heterocycles. The summed E-state index contributed by atoms with van der Waals surface area (Å²) in [6, 6.07) is 4.44. The van der Waals surface area contributed by atoms with Gasteiger partial charge in [0.25, 0.3) is 0 Å². The molecule has 0 spiro atoms. The fourth-order valence-electron chi connectivity index (χ4n) is 0.647. The molecule has 1 rings (SSSR count). The van der Waals surface area contributed by atoms with Crippen LogP contribution in [-0.4, -0.2) is 13.0 Å². The summed E-state index contributed by atoms with van der Waals surface area (Å²) in [5.74, 6) is -1.01. The maximum atomic E-state index is 12.5. The summed E-state index contributed by atoms with van der Waals surface area (Å²) in [7, 11) is -4.66. The molecule has 1 aromatic rings. The van der Waals surface area contributed by atoms with Crippen molar-refractivity contribution in [2.24, 2.45) is 0 Å². The van der Waals surface area contributed by atoms with Gasteiger partial charge in [-0.15, -0.1) is 0 Å². The molecule has 0 atom stereocenters. The van der Waals surface area contributed by atoms with Crippen molar-refractivity contribution in [1.29, 1.82) is 0 Å².